The SMILES string of the molecule is CCOCc1nc2c(N)nc3ccccc3c2n1CCNC(=O)C(N)CCCCN(C)C. The highest BCUT2D eigenvalue weighted by atomic mass is 16.5. The van der Waals surface area contributed by atoms with Crippen LogP contribution < -0.4 is 16.8 Å². The molecule has 2 aromatic heterocycles. The van der Waals surface area contributed by atoms with Gasteiger partial charge in [-0.2, -0.15) is 0 Å². The van der Waals surface area contributed by atoms with Gasteiger partial charge < -0.3 is 31.0 Å². The smallest absolute Gasteiger partial charge is 0.236 e. The number of unbranched alkanes of at least 4 members (excludes halogenated alkanes) is 1. The predicted octanol–water partition coefficient (Wildman–Crippen LogP) is 1.88. The maximum atomic E-state index is 12.5. The zero-order chi connectivity index (χ0) is 23.1. The number of ether oxygens (including phenoxy) is 1. The molecule has 1 aromatic carbocycles. The first-order chi connectivity index (χ1) is 15.4. The lowest BCUT2D eigenvalue weighted by atomic mass is 10.1. The van der Waals surface area contributed by atoms with Crippen molar-refractivity contribution in [3.05, 3.63) is 30.1 Å². The lowest BCUT2D eigenvalue weighted by Crippen LogP contribution is -2.41. The molecule has 3 aromatic rings. The largest absolute Gasteiger partial charge is 0.382 e. The number of pyridine rings is 1. The molecule has 0 radical (unpaired) electrons. The molecule has 32 heavy (non-hydrogen) atoms. The third kappa shape index (κ3) is 5.73. The van der Waals surface area contributed by atoms with Crippen molar-refractivity contribution in [1.29, 1.82) is 0 Å². The number of hydrogen-bond acceptors (Lipinski definition) is 7. The minimum absolute atomic E-state index is 0.128. The summed E-state index contributed by atoms with van der Waals surface area (Å²) >= 11 is 0. The molecule has 0 saturated heterocycles. The van der Waals surface area contributed by atoms with E-state index in [4.69, 9.17) is 21.2 Å². The van der Waals surface area contributed by atoms with Crippen LogP contribution in [0.5, 0.6) is 0 Å². The molecule has 1 atom stereocenters. The number of fused-ring (bicyclic) bond motifs is 3. The Labute approximate surface area is 189 Å². The number of hydrogen-bond donors (Lipinski definition) is 3. The molecular weight excluding hydrogens is 406 g/mol. The summed E-state index contributed by atoms with van der Waals surface area (Å²) in [7, 11) is 4.08. The van der Waals surface area contributed by atoms with Crippen LogP contribution in [0.15, 0.2) is 24.3 Å². The molecule has 3 rings (SSSR count). The minimum atomic E-state index is -0.500. The van der Waals surface area contributed by atoms with Crippen molar-refractivity contribution in [2.45, 2.75) is 45.4 Å². The van der Waals surface area contributed by atoms with Crippen molar-refractivity contribution in [2.24, 2.45) is 5.73 Å². The number of carbonyl (C=O) groups is 1. The Bertz CT molecular complexity index is 1050. The van der Waals surface area contributed by atoms with E-state index in [1.54, 1.807) is 0 Å². The Kier molecular flexibility index (Phi) is 8.38. The van der Waals surface area contributed by atoms with Gasteiger partial charge in [0, 0.05) is 25.1 Å². The lowest BCUT2D eigenvalue weighted by molar-refractivity contribution is -0.122. The van der Waals surface area contributed by atoms with E-state index in [2.05, 4.69) is 19.8 Å². The summed E-state index contributed by atoms with van der Waals surface area (Å²) in [5.74, 6) is 1.02. The van der Waals surface area contributed by atoms with Crippen LogP contribution in [-0.2, 0) is 22.7 Å². The Morgan fingerprint density at radius 3 is 2.78 bits per heavy atom. The number of rotatable bonds is 12. The minimum Gasteiger partial charge on any atom is -0.382 e. The quantitative estimate of drug-likeness (QED) is 0.367. The number of nitrogens with one attached hydrogen (secondary N) is 1. The Balaban J connectivity index is 1.73. The Hall–Kier alpha value is -2.75. The second-order valence-electron chi connectivity index (χ2n) is 8.22. The number of para-hydroxylation sites is 1. The van der Waals surface area contributed by atoms with Gasteiger partial charge in [-0.3, -0.25) is 4.79 Å². The summed E-state index contributed by atoms with van der Waals surface area (Å²) in [6.07, 6.45) is 2.63. The van der Waals surface area contributed by atoms with Crippen LogP contribution in [0.2, 0.25) is 0 Å². The molecule has 2 heterocycles. The zero-order valence-electron chi connectivity index (χ0n) is 19.3. The third-order valence-electron chi connectivity index (χ3n) is 5.47. The number of nitrogens with two attached hydrogens (primary N) is 2. The van der Waals surface area contributed by atoms with E-state index in [1.165, 1.54) is 0 Å². The molecule has 0 spiro atoms. The molecule has 0 aliphatic carbocycles. The van der Waals surface area contributed by atoms with Gasteiger partial charge in [0.15, 0.2) is 5.82 Å². The highest BCUT2D eigenvalue weighted by molar-refractivity contribution is 6.06. The van der Waals surface area contributed by atoms with Gasteiger partial charge in [0.25, 0.3) is 0 Å². The standard InChI is InChI=1S/C23H35N7O2/c1-4-32-15-19-28-20-21(16-9-5-6-11-18(16)27-22(20)25)30(19)14-12-26-23(31)17(24)10-7-8-13-29(2)3/h5-6,9,11,17H,4,7-8,10,12-15,24H2,1-3H3,(H2,25,27)(H,26,31). The van der Waals surface area contributed by atoms with Gasteiger partial charge in [0.05, 0.1) is 17.1 Å². The normalized spacial score (nSPS) is 12.7. The second kappa shape index (κ2) is 11.2. The molecule has 0 fully saturated rings. The van der Waals surface area contributed by atoms with E-state index in [0.29, 0.717) is 44.1 Å². The van der Waals surface area contributed by atoms with Crippen LogP contribution in [0.3, 0.4) is 0 Å². The molecule has 0 bridgehead atoms. The third-order valence-corrected chi connectivity index (χ3v) is 5.47. The van der Waals surface area contributed by atoms with Gasteiger partial charge in [-0.1, -0.05) is 24.6 Å². The number of imidazole rings is 1. The molecule has 0 saturated carbocycles. The van der Waals surface area contributed by atoms with Crippen molar-refractivity contribution < 1.29 is 9.53 Å². The van der Waals surface area contributed by atoms with Crippen molar-refractivity contribution in [1.82, 2.24) is 24.8 Å². The molecule has 1 unspecified atom stereocenters. The molecule has 0 aliphatic rings. The van der Waals surface area contributed by atoms with Crippen molar-refractivity contribution in [3.63, 3.8) is 0 Å². The molecule has 9 nitrogen and oxygen atoms in total. The molecule has 1 amide bonds. The average Bonchev–Trinajstić information content (AvgIpc) is 3.14. The van der Waals surface area contributed by atoms with Gasteiger partial charge in [-0.25, -0.2) is 9.97 Å². The fraction of sp³-hybridized carbons (Fsp3) is 0.522. The molecule has 9 heteroatoms. The summed E-state index contributed by atoms with van der Waals surface area (Å²) in [6.45, 7) is 4.85. The maximum Gasteiger partial charge on any atom is 0.236 e. The summed E-state index contributed by atoms with van der Waals surface area (Å²) in [6, 6.07) is 7.34. The highest BCUT2D eigenvalue weighted by Crippen LogP contribution is 2.28. The number of anilines is 1. The van der Waals surface area contributed by atoms with E-state index < -0.39 is 6.04 Å². The Morgan fingerprint density at radius 2 is 2.03 bits per heavy atom. The van der Waals surface area contributed by atoms with Crippen molar-refractivity contribution in [2.75, 3.05) is 39.5 Å². The van der Waals surface area contributed by atoms with Crippen LogP contribution in [0, 0.1) is 0 Å². The maximum absolute atomic E-state index is 12.5. The van der Waals surface area contributed by atoms with Crippen molar-refractivity contribution >= 4 is 33.7 Å². The molecule has 0 aliphatic heterocycles. The first-order valence-corrected chi connectivity index (χ1v) is 11.2. The first-order valence-electron chi connectivity index (χ1n) is 11.2. The first kappa shape index (κ1) is 23.9. The van der Waals surface area contributed by atoms with Gasteiger partial charge in [-0.15, -0.1) is 0 Å². The monoisotopic (exact) mass is 441 g/mol. The molecule has 174 valence electrons. The number of nitrogen functional groups attached to an aromatic ring is 1. The number of benzene rings is 1. The summed E-state index contributed by atoms with van der Waals surface area (Å²) in [5.41, 5.74) is 14.7. The number of amides is 1. The fourth-order valence-electron chi connectivity index (χ4n) is 3.79. The van der Waals surface area contributed by atoms with Crippen LogP contribution >= 0.6 is 0 Å². The summed E-state index contributed by atoms with van der Waals surface area (Å²) in [5, 5.41) is 3.94. The van der Waals surface area contributed by atoms with Gasteiger partial charge in [0.2, 0.25) is 5.91 Å². The van der Waals surface area contributed by atoms with E-state index in [1.807, 2.05) is 45.3 Å². The highest BCUT2D eigenvalue weighted by Gasteiger charge is 2.18. The number of nitrogens with zero attached hydrogens (tertiary/aromatic N) is 4. The summed E-state index contributed by atoms with van der Waals surface area (Å²) < 4.78 is 7.69. The van der Waals surface area contributed by atoms with Gasteiger partial charge in [-0.05, 0) is 46.5 Å². The zero-order valence-corrected chi connectivity index (χ0v) is 19.3. The van der Waals surface area contributed by atoms with E-state index in [-0.39, 0.29) is 5.91 Å². The number of carbonyl (C=O) groups excluding carboxylic acids is 1. The van der Waals surface area contributed by atoms with Gasteiger partial charge >= 0.3 is 0 Å². The van der Waals surface area contributed by atoms with Crippen LogP contribution in [0.1, 0.15) is 32.0 Å². The average molecular weight is 442 g/mol. The van der Waals surface area contributed by atoms with Gasteiger partial charge in [0.1, 0.15) is 17.9 Å². The van der Waals surface area contributed by atoms with Crippen LogP contribution in [-0.4, -0.2) is 65.2 Å². The molecular formula is C23H35N7O2. The summed E-state index contributed by atoms with van der Waals surface area (Å²) in [4.78, 5) is 23.8. The predicted molar refractivity (Wildman–Crippen MR) is 128 cm³/mol. The van der Waals surface area contributed by atoms with E-state index in [9.17, 15) is 4.79 Å². The fourth-order valence-corrected chi connectivity index (χ4v) is 3.79. The van der Waals surface area contributed by atoms with Crippen LogP contribution in [0.4, 0.5) is 5.82 Å². The van der Waals surface area contributed by atoms with Crippen molar-refractivity contribution in [3.8, 4) is 0 Å². The number of aromatic nitrogens is 3. The molecule has 5 N–H and O–H groups in total. The van der Waals surface area contributed by atoms with E-state index in [0.717, 1.165) is 41.6 Å². The Morgan fingerprint density at radius 1 is 1.25 bits per heavy atom. The second-order valence-corrected chi connectivity index (χ2v) is 8.22. The van der Waals surface area contributed by atoms with Crippen LogP contribution in [0.25, 0.3) is 21.9 Å². The van der Waals surface area contributed by atoms with E-state index >= 15 is 0 Å². The lowest BCUT2D eigenvalue weighted by Gasteiger charge is -2.15. The topological polar surface area (TPSA) is 124 Å².